The van der Waals surface area contributed by atoms with Gasteiger partial charge in [0.2, 0.25) is 5.91 Å². The summed E-state index contributed by atoms with van der Waals surface area (Å²) in [6, 6.07) is 16.5. The molecule has 0 N–H and O–H groups in total. The van der Waals surface area contributed by atoms with Crippen LogP contribution in [-0.2, 0) is 11.2 Å². The molecule has 3 nitrogen and oxygen atoms in total. The molecule has 0 radical (unpaired) electrons. The Balaban J connectivity index is 1.75. The van der Waals surface area contributed by atoms with E-state index in [4.69, 9.17) is 4.74 Å². The molecule has 1 aliphatic heterocycles. The van der Waals surface area contributed by atoms with Crippen molar-refractivity contribution in [2.75, 3.05) is 13.7 Å². The highest BCUT2D eigenvalue weighted by atomic mass is 16.5. The summed E-state index contributed by atoms with van der Waals surface area (Å²) < 4.78 is 5.24. The van der Waals surface area contributed by atoms with Crippen LogP contribution in [0.4, 0.5) is 0 Å². The smallest absolute Gasteiger partial charge is 0.227 e. The Morgan fingerprint density at radius 3 is 2.83 bits per heavy atom. The molecular weight excluding hydrogens is 286 g/mol. The number of nitrogens with zero attached hydrogens (tertiary/aromatic N) is 1. The van der Waals surface area contributed by atoms with E-state index in [2.05, 4.69) is 31.2 Å². The van der Waals surface area contributed by atoms with Gasteiger partial charge in [0.25, 0.3) is 0 Å². The number of aryl methyl sites for hydroxylation is 1. The molecule has 23 heavy (non-hydrogen) atoms. The van der Waals surface area contributed by atoms with Gasteiger partial charge in [0.05, 0.1) is 19.6 Å². The first-order chi connectivity index (χ1) is 11.2. The maximum absolute atomic E-state index is 12.8. The number of carbonyl (C=O) groups excluding carboxylic acids is 1. The first-order valence-corrected chi connectivity index (χ1v) is 8.16. The van der Waals surface area contributed by atoms with E-state index in [1.807, 2.05) is 29.2 Å². The van der Waals surface area contributed by atoms with Crippen LogP contribution in [0.15, 0.2) is 48.5 Å². The van der Waals surface area contributed by atoms with E-state index in [1.165, 1.54) is 11.1 Å². The molecule has 2 aromatic rings. The van der Waals surface area contributed by atoms with E-state index in [9.17, 15) is 4.79 Å². The number of benzene rings is 2. The lowest BCUT2D eigenvalue weighted by molar-refractivity contribution is -0.131. The SMILES string of the molecule is COc1cccc(CC(=O)N2CCC[C@H]2c2cccc(C)c2)c1. The van der Waals surface area contributed by atoms with Gasteiger partial charge in [-0.25, -0.2) is 0 Å². The minimum Gasteiger partial charge on any atom is -0.497 e. The number of carbonyl (C=O) groups is 1. The first kappa shape index (κ1) is 15.6. The fourth-order valence-electron chi connectivity index (χ4n) is 3.35. The molecule has 3 heteroatoms. The zero-order chi connectivity index (χ0) is 16.2. The van der Waals surface area contributed by atoms with Crippen molar-refractivity contribution < 1.29 is 9.53 Å². The van der Waals surface area contributed by atoms with Gasteiger partial charge in [0, 0.05) is 6.54 Å². The van der Waals surface area contributed by atoms with Gasteiger partial charge in [0.1, 0.15) is 5.75 Å². The lowest BCUT2D eigenvalue weighted by atomic mass is 10.0. The van der Waals surface area contributed by atoms with Crippen LogP contribution >= 0.6 is 0 Å². The van der Waals surface area contributed by atoms with Crippen molar-refractivity contribution in [1.29, 1.82) is 0 Å². The number of hydrogen-bond donors (Lipinski definition) is 0. The molecule has 2 aromatic carbocycles. The van der Waals surface area contributed by atoms with Gasteiger partial charge in [-0.3, -0.25) is 4.79 Å². The molecule has 0 aromatic heterocycles. The minimum absolute atomic E-state index is 0.197. The van der Waals surface area contributed by atoms with Gasteiger partial charge in [-0.15, -0.1) is 0 Å². The average Bonchev–Trinajstić information content (AvgIpc) is 3.05. The van der Waals surface area contributed by atoms with Gasteiger partial charge in [-0.05, 0) is 43.0 Å². The minimum atomic E-state index is 0.197. The van der Waals surface area contributed by atoms with Gasteiger partial charge in [-0.1, -0.05) is 42.0 Å². The van der Waals surface area contributed by atoms with Crippen molar-refractivity contribution in [3.05, 3.63) is 65.2 Å². The Morgan fingerprint density at radius 2 is 2.04 bits per heavy atom. The molecule has 1 atom stereocenters. The van der Waals surface area contributed by atoms with E-state index < -0.39 is 0 Å². The Hall–Kier alpha value is -2.29. The molecule has 120 valence electrons. The molecule has 0 aliphatic carbocycles. The third kappa shape index (κ3) is 3.55. The Morgan fingerprint density at radius 1 is 1.22 bits per heavy atom. The van der Waals surface area contributed by atoms with Gasteiger partial charge >= 0.3 is 0 Å². The van der Waals surface area contributed by atoms with Crippen molar-refractivity contribution in [3.8, 4) is 5.75 Å². The van der Waals surface area contributed by atoms with Crippen molar-refractivity contribution in [2.45, 2.75) is 32.2 Å². The Bertz CT molecular complexity index is 696. The van der Waals surface area contributed by atoms with Crippen molar-refractivity contribution >= 4 is 5.91 Å². The molecule has 1 amide bonds. The highest BCUT2D eigenvalue weighted by molar-refractivity contribution is 5.79. The molecule has 0 unspecified atom stereocenters. The molecular formula is C20H23NO2. The predicted octanol–water partition coefficient (Wildman–Crippen LogP) is 3.91. The number of rotatable bonds is 4. The predicted molar refractivity (Wildman–Crippen MR) is 91.6 cm³/mol. The molecule has 1 saturated heterocycles. The second-order valence-corrected chi connectivity index (χ2v) is 6.19. The maximum Gasteiger partial charge on any atom is 0.227 e. The quantitative estimate of drug-likeness (QED) is 0.857. The molecule has 3 rings (SSSR count). The van der Waals surface area contributed by atoms with Crippen LogP contribution in [0.1, 0.15) is 35.6 Å². The summed E-state index contributed by atoms with van der Waals surface area (Å²) in [4.78, 5) is 14.8. The summed E-state index contributed by atoms with van der Waals surface area (Å²) in [5.74, 6) is 0.995. The van der Waals surface area contributed by atoms with Crippen LogP contribution in [0.3, 0.4) is 0 Å². The van der Waals surface area contributed by atoms with Gasteiger partial charge in [-0.2, -0.15) is 0 Å². The van der Waals surface area contributed by atoms with Crippen LogP contribution in [0.5, 0.6) is 5.75 Å². The fourth-order valence-corrected chi connectivity index (χ4v) is 3.35. The molecule has 0 saturated carbocycles. The van der Waals surface area contributed by atoms with Gasteiger partial charge in [0.15, 0.2) is 0 Å². The highest BCUT2D eigenvalue weighted by Gasteiger charge is 2.29. The summed E-state index contributed by atoms with van der Waals surface area (Å²) in [5.41, 5.74) is 3.50. The second kappa shape index (κ2) is 6.86. The second-order valence-electron chi connectivity index (χ2n) is 6.19. The zero-order valence-electron chi connectivity index (χ0n) is 13.8. The molecule has 1 fully saturated rings. The average molecular weight is 309 g/mol. The highest BCUT2D eigenvalue weighted by Crippen LogP contribution is 2.32. The first-order valence-electron chi connectivity index (χ1n) is 8.16. The number of methoxy groups -OCH3 is 1. The number of ether oxygens (including phenoxy) is 1. The summed E-state index contributed by atoms with van der Waals surface area (Å²) in [5, 5.41) is 0. The Kier molecular flexibility index (Phi) is 4.65. The van der Waals surface area contributed by atoms with E-state index in [1.54, 1.807) is 7.11 Å². The summed E-state index contributed by atoms with van der Waals surface area (Å²) in [6.45, 7) is 2.95. The van der Waals surface area contributed by atoms with Crippen LogP contribution in [0.25, 0.3) is 0 Å². The standard InChI is InChI=1S/C20H23NO2/c1-15-6-3-8-17(12-15)19-10-5-11-21(19)20(22)14-16-7-4-9-18(13-16)23-2/h3-4,6-9,12-13,19H,5,10-11,14H2,1-2H3/t19-/m0/s1. The van der Waals surface area contributed by atoms with Crippen molar-refractivity contribution in [1.82, 2.24) is 4.90 Å². The summed E-state index contributed by atoms with van der Waals surface area (Å²) >= 11 is 0. The molecule has 1 aliphatic rings. The largest absolute Gasteiger partial charge is 0.497 e. The van der Waals surface area contributed by atoms with Crippen LogP contribution in [0.2, 0.25) is 0 Å². The van der Waals surface area contributed by atoms with E-state index in [0.717, 1.165) is 30.7 Å². The number of likely N-dealkylation sites (tertiary alicyclic amines) is 1. The number of hydrogen-bond acceptors (Lipinski definition) is 2. The molecule has 0 spiro atoms. The maximum atomic E-state index is 12.8. The van der Waals surface area contributed by atoms with E-state index >= 15 is 0 Å². The summed E-state index contributed by atoms with van der Waals surface area (Å²) in [6.07, 6.45) is 2.55. The van der Waals surface area contributed by atoms with E-state index in [-0.39, 0.29) is 11.9 Å². The third-order valence-electron chi connectivity index (χ3n) is 4.49. The van der Waals surface area contributed by atoms with Gasteiger partial charge < -0.3 is 9.64 Å². The van der Waals surface area contributed by atoms with Crippen molar-refractivity contribution in [3.63, 3.8) is 0 Å². The topological polar surface area (TPSA) is 29.5 Å². The van der Waals surface area contributed by atoms with E-state index in [0.29, 0.717) is 6.42 Å². The number of amides is 1. The lowest BCUT2D eigenvalue weighted by Gasteiger charge is -2.25. The lowest BCUT2D eigenvalue weighted by Crippen LogP contribution is -2.31. The third-order valence-corrected chi connectivity index (χ3v) is 4.49. The van der Waals surface area contributed by atoms with Crippen molar-refractivity contribution in [2.24, 2.45) is 0 Å². The van der Waals surface area contributed by atoms with Crippen LogP contribution in [-0.4, -0.2) is 24.5 Å². The zero-order valence-corrected chi connectivity index (χ0v) is 13.8. The summed E-state index contributed by atoms with van der Waals surface area (Å²) in [7, 11) is 1.65. The normalized spacial score (nSPS) is 17.3. The fraction of sp³-hybridized carbons (Fsp3) is 0.350. The molecule has 0 bridgehead atoms. The van der Waals surface area contributed by atoms with Crippen LogP contribution < -0.4 is 4.74 Å². The molecule has 1 heterocycles. The Labute approximate surface area is 137 Å². The monoisotopic (exact) mass is 309 g/mol. The van der Waals surface area contributed by atoms with Crippen LogP contribution in [0, 0.1) is 6.92 Å².